The van der Waals surface area contributed by atoms with E-state index in [2.05, 4.69) is 5.32 Å². The fourth-order valence-corrected chi connectivity index (χ4v) is 2.87. The zero-order chi connectivity index (χ0) is 14.2. The van der Waals surface area contributed by atoms with Gasteiger partial charge in [-0.1, -0.05) is 6.07 Å². The van der Waals surface area contributed by atoms with Gasteiger partial charge in [-0.15, -0.1) is 0 Å². The van der Waals surface area contributed by atoms with E-state index in [1.54, 1.807) is 0 Å². The number of halogens is 2. The second-order valence-corrected chi connectivity index (χ2v) is 6.40. The van der Waals surface area contributed by atoms with E-state index in [0.717, 1.165) is 12.3 Å². The van der Waals surface area contributed by atoms with Crippen LogP contribution >= 0.6 is 10.7 Å². The summed E-state index contributed by atoms with van der Waals surface area (Å²) in [5.41, 5.74) is 0.294. The maximum atomic E-state index is 13.8. The quantitative estimate of drug-likeness (QED) is 0.873. The average molecular weight is 305 g/mol. The molecule has 1 aromatic heterocycles. The van der Waals surface area contributed by atoms with Crippen LogP contribution in [0.2, 0.25) is 0 Å². The standard InChI is InChI=1S/C11H10ClFN2O3S/c1-14-10(16)6-15-5-9(19(12,17)18)11-7(13)3-2-4-8(11)15/h2-5H,6H2,1H3,(H,14,16). The first-order valence-electron chi connectivity index (χ1n) is 5.27. The SMILES string of the molecule is CNC(=O)Cn1cc(S(=O)(=O)Cl)c2c(F)cccc21. The van der Waals surface area contributed by atoms with Crippen molar-refractivity contribution in [2.75, 3.05) is 7.05 Å². The Morgan fingerprint density at radius 3 is 2.74 bits per heavy atom. The van der Waals surface area contributed by atoms with Crippen molar-refractivity contribution in [2.45, 2.75) is 11.4 Å². The first kappa shape index (κ1) is 13.8. The third-order valence-corrected chi connectivity index (χ3v) is 4.01. The molecule has 0 aliphatic rings. The fraction of sp³-hybridized carbons (Fsp3) is 0.182. The molecular weight excluding hydrogens is 295 g/mol. The van der Waals surface area contributed by atoms with Crippen LogP contribution in [-0.4, -0.2) is 25.9 Å². The smallest absolute Gasteiger partial charge is 0.263 e. The summed E-state index contributed by atoms with van der Waals surface area (Å²) in [6, 6.07) is 4.09. The van der Waals surface area contributed by atoms with Gasteiger partial charge in [0, 0.05) is 23.9 Å². The second-order valence-electron chi connectivity index (χ2n) is 3.87. The van der Waals surface area contributed by atoms with Gasteiger partial charge >= 0.3 is 0 Å². The van der Waals surface area contributed by atoms with Gasteiger partial charge in [-0.2, -0.15) is 0 Å². The minimum atomic E-state index is -4.09. The molecular formula is C11H10ClFN2O3S. The predicted molar refractivity (Wildman–Crippen MR) is 69.0 cm³/mol. The van der Waals surface area contributed by atoms with Crippen molar-refractivity contribution >= 4 is 36.5 Å². The molecule has 1 N–H and O–H groups in total. The molecule has 0 radical (unpaired) electrons. The van der Waals surface area contributed by atoms with Crippen molar-refractivity contribution in [1.82, 2.24) is 9.88 Å². The molecule has 5 nitrogen and oxygen atoms in total. The maximum Gasteiger partial charge on any atom is 0.263 e. The first-order valence-corrected chi connectivity index (χ1v) is 7.58. The summed E-state index contributed by atoms with van der Waals surface area (Å²) >= 11 is 0. The minimum Gasteiger partial charge on any atom is -0.358 e. The van der Waals surface area contributed by atoms with E-state index in [4.69, 9.17) is 10.7 Å². The van der Waals surface area contributed by atoms with Crippen LogP contribution in [0, 0.1) is 5.82 Å². The number of nitrogens with one attached hydrogen (secondary N) is 1. The lowest BCUT2D eigenvalue weighted by Crippen LogP contribution is -2.23. The highest BCUT2D eigenvalue weighted by atomic mass is 35.7. The molecule has 0 saturated heterocycles. The van der Waals surface area contributed by atoms with E-state index < -0.39 is 14.9 Å². The van der Waals surface area contributed by atoms with Crippen molar-refractivity contribution in [2.24, 2.45) is 0 Å². The summed E-state index contributed by atoms with van der Waals surface area (Å²) in [6.07, 6.45) is 1.16. The van der Waals surface area contributed by atoms with E-state index in [1.807, 2.05) is 0 Å². The molecule has 0 fully saturated rings. The number of hydrogen-bond donors (Lipinski definition) is 1. The number of nitrogens with zero attached hydrogens (tertiary/aromatic N) is 1. The van der Waals surface area contributed by atoms with Crippen molar-refractivity contribution < 1.29 is 17.6 Å². The number of carbonyl (C=O) groups is 1. The Balaban J connectivity index is 2.74. The lowest BCUT2D eigenvalue weighted by atomic mass is 10.2. The van der Waals surface area contributed by atoms with Crippen molar-refractivity contribution in [3.63, 3.8) is 0 Å². The van der Waals surface area contributed by atoms with Crippen LogP contribution in [0.4, 0.5) is 4.39 Å². The molecule has 1 heterocycles. The largest absolute Gasteiger partial charge is 0.358 e. The Labute approximate surface area is 113 Å². The molecule has 0 aliphatic carbocycles. The van der Waals surface area contributed by atoms with E-state index in [-0.39, 0.29) is 22.7 Å². The van der Waals surface area contributed by atoms with Crippen LogP contribution in [0.5, 0.6) is 0 Å². The summed E-state index contributed by atoms with van der Waals surface area (Å²) in [5.74, 6) is -1.04. The average Bonchev–Trinajstić information content (AvgIpc) is 2.69. The van der Waals surface area contributed by atoms with E-state index >= 15 is 0 Å². The highest BCUT2D eigenvalue weighted by Gasteiger charge is 2.22. The molecule has 2 aromatic rings. The number of benzene rings is 1. The van der Waals surface area contributed by atoms with Gasteiger partial charge in [0.25, 0.3) is 9.05 Å². The van der Waals surface area contributed by atoms with E-state index in [0.29, 0.717) is 5.52 Å². The van der Waals surface area contributed by atoms with Gasteiger partial charge in [0.15, 0.2) is 0 Å². The maximum absolute atomic E-state index is 13.8. The zero-order valence-corrected chi connectivity index (χ0v) is 11.4. The monoisotopic (exact) mass is 304 g/mol. The third-order valence-electron chi connectivity index (χ3n) is 2.68. The van der Waals surface area contributed by atoms with Crippen molar-refractivity contribution in [1.29, 1.82) is 0 Å². The summed E-state index contributed by atoms with van der Waals surface area (Å²) < 4.78 is 38.0. The number of carbonyl (C=O) groups excluding carboxylic acids is 1. The number of aromatic nitrogens is 1. The molecule has 0 saturated carbocycles. The van der Waals surface area contributed by atoms with Gasteiger partial charge in [0.2, 0.25) is 5.91 Å². The molecule has 0 aliphatic heterocycles. The number of amides is 1. The number of rotatable bonds is 3. The molecule has 1 amide bonds. The normalized spacial score (nSPS) is 11.7. The Kier molecular flexibility index (Phi) is 3.51. The van der Waals surface area contributed by atoms with Gasteiger partial charge in [-0.05, 0) is 12.1 Å². The van der Waals surface area contributed by atoms with Crippen LogP contribution in [-0.2, 0) is 20.4 Å². The predicted octanol–water partition coefficient (Wildman–Crippen LogP) is 1.45. The van der Waals surface area contributed by atoms with Gasteiger partial charge in [0.05, 0.1) is 10.9 Å². The molecule has 19 heavy (non-hydrogen) atoms. The highest BCUT2D eigenvalue weighted by molar-refractivity contribution is 8.14. The number of fused-ring (bicyclic) bond motifs is 1. The van der Waals surface area contributed by atoms with Crippen molar-refractivity contribution in [3.05, 3.63) is 30.2 Å². The summed E-state index contributed by atoms with van der Waals surface area (Å²) in [7, 11) is 2.64. The molecule has 8 heteroatoms. The van der Waals surface area contributed by atoms with Crippen molar-refractivity contribution in [3.8, 4) is 0 Å². The molecule has 0 bridgehead atoms. The van der Waals surface area contributed by atoms with Crippen LogP contribution in [0.1, 0.15) is 0 Å². The molecule has 102 valence electrons. The Bertz CT molecular complexity index is 755. The molecule has 0 unspecified atom stereocenters. The topological polar surface area (TPSA) is 68.2 Å². The van der Waals surface area contributed by atoms with E-state index in [9.17, 15) is 17.6 Å². The van der Waals surface area contributed by atoms with Crippen LogP contribution in [0.3, 0.4) is 0 Å². The van der Waals surface area contributed by atoms with Gasteiger partial charge < -0.3 is 9.88 Å². The molecule has 1 aromatic carbocycles. The van der Waals surface area contributed by atoms with Gasteiger partial charge in [-0.25, -0.2) is 12.8 Å². The third kappa shape index (κ3) is 2.57. The molecule has 0 atom stereocenters. The number of likely N-dealkylation sites (N-methyl/N-ethyl adjacent to an activating group) is 1. The second kappa shape index (κ2) is 4.82. The summed E-state index contributed by atoms with van der Waals surface area (Å²) in [5, 5.41) is 2.30. The van der Waals surface area contributed by atoms with Crippen LogP contribution in [0.15, 0.2) is 29.3 Å². The Morgan fingerprint density at radius 2 is 2.16 bits per heavy atom. The lowest BCUT2D eigenvalue weighted by molar-refractivity contribution is -0.121. The minimum absolute atomic E-state index is 0.110. The van der Waals surface area contributed by atoms with E-state index in [1.165, 1.54) is 23.7 Å². The highest BCUT2D eigenvalue weighted by Crippen LogP contribution is 2.30. The Hall–Kier alpha value is -1.60. The summed E-state index contributed by atoms with van der Waals surface area (Å²) in [4.78, 5) is 11.0. The molecule has 2 rings (SSSR count). The van der Waals surface area contributed by atoms with Crippen LogP contribution in [0.25, 0.3) is 10.9 Å². The zero-order valence-electron chi connectivity index (χ0n) is 9.85. The summed E-state index contributed by atoms with van der Waals surface area (Å²) in [6.45, 7) is -0.122. The number of hydrogen-bond acceptors (Lipinski definition) is 3. The Morgan fingerprint density at radius 1 is 1.47 bits per heavy atom. The van der Waals surface area contributed by atoms with Gasteiger partial charge in [-0.3, -0.25) is 4.79 Å². The molecule has 0 spiro atoms. The lowest BCUT2D eigenvalue weighted by Gasteiger charge is -2.03. The van der Waals surface area contributed by atoms with Gasteiger partial charge in [0.1, 0.15) is 17.3 Å². The first-order chi connectivity index (χ1) is 8.84. The fourth-order valence-electron chi connectivity index (χ4n) is 1.82. The van der Waals surface area contributed by atoms with Crippen LogP contribution < -0.4 is 5.32 Å².